The fourth-order valence-corrected chi connectivity index (χ4v) is 2.06. The second-order valence-corrected chi connectivity index (χ2v) is 4.32. The monoisotopic (exact) mass is 237 g/mol. The van der Waals surface area contributed by atoms with E-state index in [1.807, 2.05) is 19.3 Å². The van der Waals surface area contributed by atoms with E-state index in [-0.39, 0.29) is 12.0 Å². The van der Waals surface area contributed by atoms with E-state index in [0.717, 1.165) is 13.1 Å². The molecule has 1 aliphatic heterocycles. The third-order valence-corrected chi connectivity index (χ3v) is 3.13. The van der Waals surface area contributed by atoms with E-state index in [1.54, 1.807) is 7.05 Å². The Morgan fingerprint density at radius 3 is 3.12 bits per heavy atom. The summed E-state index contributed by atoms with van der Waals surface area (Å²) in [4.78, 5) is 13.8. The molecular formula is C12H19N3O2. The van der Waals surface area contributed by atoms with Gasteiger partial charge in [-0.15, -0.1) is 0 Å². The SMILES string of the molecule is CNC(=O)C1CN(Cc2cccn2C)CCO1. The fraction of sp³-hybridized carbons (Fsp3) is 0.583. The van der Waals surface area contributed by atoms with E-state index >= 15 is 0 Å². The average Bonchev–Trinajstić information content (AvgIpc) is 2.74. The smallest absolute Gasteiger partial charge is 0.250 e. The lowest BCUT2D eigenvalue weighted by atomic mass is 10.2. The van der Waals surface area contributed by atoms with Crippen LogP contribution in [0.2, 0.25) is 0 Å². The number of hydrogen-bond acceptors (Lipinski definition) is 3. The number of hydrogen-bond donors (Lipinski definition) is 1. The number of carbonyl (C=O) groups excluding carboxylic acids is 1. The van der Waals surface area contributed by atoms with E-state index in [4.69, 9.17) is 4.74 Å². The fourth-order valence-electron chi connectivity index (χ4n) is 2.06. The molecule has 5 heteroatoms. The van der Waals surface area contributed by atoms with E-state index in [0.29, 0.717) is 13.2 Å². The van der Waals surface area contributed by atoms with Crippen molar-refractivity contribution in [3.05, 3.63) is 24.0 Å². The third-order valence-electron chi connectivity index (χ3n) is 3.13. The van der Waals surface area contributed by atoms with Crippen LogP contribution in [0.5, 0.6) is 0 Å². The summed E-state index contributed by atoms with van der Waals surface area (Å²) in [6.45, 7) is 3.01. The van der Waals surface area contributed by atoms with E-state index in [1.165, 1.54) is 5.69 Å². The van der Waals surface area contributed by atoms with Crippen molar-refractivity contribution in [2.45, 2.75) is 12.6 Å². The van der Waals surface area contributed by atoms with Gasteiger partial charge in [-0.3, -0.25) is 9.69 Å². The summed E-state index contributed by atoms with van der Waals surface area (Å²) < 4.78 is 7.55. The molecule has 0 bridgehead atoms. The Hall–Kier alpha value is -1.33. The lowest BCUT2D eigenvalue weighted by Crippen LogP contribution is -2.48. The molecule has 17 heavy (non-hydrogen) atoms. The Kier molecular flexibility index (Phi) is 3.81. The number of ether oxygens (including phenoxy) is 1. The molecule has 94 valence electrons. The molecule has 1 atom stereocenters. The van der Waals surface area contributed by atoms with Crippen LogP contribution in [0.25, 0.3) is 0 Å². The van der Waals surface area contributed by atoms with Gasteiger partial charge in [-0.1, -0.05) is 0 Å². The first-order valence-corrected chi connectivity index (χ1v) is 5.86. The molecule has 0 saturated carbocycles. The standard InChI is InChI=1S/C12H19N3O2/c1-13-12(16)11-9-15(6-7-17-11)8-10-4-3-5-14(10)2/h3-5,11H,6-9H2,1-2H3,(H,13,16). The van der Waals surface area contributed by atoms with Crippen LogP contribution < -0.4 is 5.32 Å². The van der Waals surface area contributed by atoms with Crippen molar-refractivity contribution in [3.8, 4) is 0 Å². The van der Waals surface area contributed by atoms with Gasteiger partial charge in [0.1, 0.15) is 6.10 Å². The molecule has 1 fully saturated rings. The quantitative estimate of drug-likeness (QED) is 0.803. The van der Waals surface area contributed by atoms with Crippen LogP contribution in [0, 0.1) is 0 Å². The first-order valence-electron chi connectivity index (χ1n) is 5.86. The normalized spacial score (nSPS) is 21.4. The van der Waals surface area contributed by atoms with Crippen LogP contribution in [0.1, 0.15) is 5.69 Å². The minimum absolute atomic E-state index is 0.0402. The van der Waals surface area contributed by atoms with Gasteiger partial charge in [0.2, 0.25) is 5.91 Å². The molecule has 5 nitrogen and oxygen atoms in total. The number of nitrogens with zero attached hydrogens (tertiary/aromatic N) is 2. The van der Waals surface area contributed by atoms with Crippen molar-refractivity contribution in [2.24, 2.45) is 7.05 Å². The second-order valence-electron chi connectivity index (χ2n) is 4.32. The van der Waals surface area contributed by atoms with Gasteiger partial charge in [0.05, 0.1) is 6.61 Å². The minimum Gasteiger partial charge on any atom is -0.366 e. The summed E-state index contributed by atoms with van der Waals surface area (Å²) in [6, 6.07) is 4.14. The largest absolute Gasteiger partial charge is 0.366 e. The van der Waals surface area contributed by atoms with Gasteiger partial charge in [-0.05, 0) is 12.1 Å². The molecule has 2 rings (SSSR count). The van der Waals surface area contributed by atoms with Crippen LogP contribution in [0.15, 0.2) is 18.3 Å². The zero-order valence-electron chi connectivity index (χ0n) is 10.3. The van der Waals surface area contributed by atoms with Crippen molar-refractivity contribution in [1.82, 2.24) is 14.8 Å². The number of likely N-dealkylation sites (N-methyl/N-ethyl adjacent to an activating group) is 1. The molecule has 0 radical (unpaired) electrons. The van der Waals surface area contributed by atoms with E-state index in [2.05, 4.69) is 20.9 Å². The van der Waals surface area contributed by atoms with Crippen LogP contribution in [0.4, 0.5) is 0 Å². The number of amides is 1. The van der Waals surface area contributed by atoms with Gasteiger partial charge in [-0.25, -0.2) is 0 Å². The number of aryl methyl sites for hydroxylation is 1. The summed E-state index contributed by atoms with van der Waals surface area (Å²) >= 11 is 0. The van der Waals surface area contributed by atoms with Gasteiger partial charge >= 0.3 is 0 Å². The predicted molar refractivity (Wildman–Crippen MR) is 64.5 cm³/mol. The highest BCUT2D eigenvalue weighted by atomic mass is 16.5. The minimum atomic E-state index is -0.339. The first kappa shape index (κ1) is 12.1. The summed E-state index contributed by atoms with van der Waals surface area (Å²) in [5.41, 5.74) is 1.25. The van der Waals surface area contributed by atoms with Crippen molar-refractivity contribution in [3.63, 3.8) is 0 Å². The topological polar surface area (TPSA) is 46.5 Å². The van der Waals surface area contributed by atoms with Crippen molar-refractivity contribution in [1.29, 1.82) is 0 Å². The van der Waals surface area contributed by atoms with Gasteiger partial charge in [-0.2, -0.15) is 0 Å². The van der Waals surface area contributed by atoms with Gasteiger partial charge < -0.3 is 14.6 Å². The van der Waals surface area contributed by atoms with Gasteiger partial charge in [0, 0.05) is 45.6 Å². The zero-order chi connectivity index (χ0) is 12.3. The Balaban J connectivity index is 1.94. The molecule has 2 heterocycles. The molecule has 0 spiro atoms. The second kappa shape index (κ2) is 5.33. The lowest BCUT2D eigenvalue weighted by molar-refractivity contribution is -0.138. The van der Waals surface area contributed by atoms with E-state index < -0.39 is 0 Å². The lowest BCUT2D eigenvalue weighted by Gasteiger charge is -2.31. The summed E-state index contributed by atoms with van der Waals surface area (Å²) in [6.07, 6.45) is 1.69. The highest BCUT2D eigenvalue weighted by Crippen LogP contribution is 2.10. The molecule has 1 aromatic rings. The first-order chi connectivity index (χ1) is 8.20. The molecule has 1 aliphatic rings. The van der Waals surface area contributed by atoms with Crippen molar-refractivity contribution in [2.75, 3.05) is 26.7 Å². The third kappa shape index (κ3) is 2.87. The molecule has 0 aromatic carbocycles. The number of carbonyl (C=O) groups is 1. The van der Waals surface area contributed by atoms with Crippen LogP contribution in [-0.2, 0) is 23.1 Å². The molecule has 1 unspecified atom stereocenters. The average molecular weight is 237 g/mol. The highest BCUT2D eigenvalue weighted by molar-refractivity contribution is 5.80. The van der Waals surface area contributed by atoms with Crippen LogP contribution in [0.3, 0.4) is 0 Å². The van der Waals surface area contributed by atoms with Gasteiger partial charge in [0.15, 0.2) is 0 Å². The maximum Gasteiger partial charge on any atom is 0.250 e. The van der Waals surface area contributed by atoms with Crippen molar-refractivity contribution >= 4 is 5.91 Å². The zero-order valence-corrected chi connectivity index (χ0v) is 10.3. The number of nitrogens with one attached hydrogen (secondary N) is 1. The Labute approximate surface area is 101 Å². The van der Waals surface area contributed by atoms with Crippen LogP contribution in [-0.4, -0.2) is 48.2 Å². The maximum atomic E-state index is 11.5. The number of rotatable bonds is 3. The molecule has 1 saturated heterocycles. The molecule has 1 N–H and O–H groups in total. The van der Waals surface area contributed by atoms with Crippen LogP contribution >= 0.6 is 0 Å². The Morgan fingerprint density at radius 2 is 2.47 bits per heavy atom. The van der Waals surface area contributed by atoms with Crippen molar-refractivity contribution < 1.29 is 9.53 Å². The molecular weight excluding hydrogens is 218 g/mol. The molecule has 1 amide bonds. The molecule has 0 aliphatic carbocycles. The molecule has 1 aromatic heterocycles. The number of aromatic nitrogens is 1. The van der Waals surface area contributed by atoms with E-state index in [9.17, 15) is 4.79 Å². The summed E-state index contributed by atoms with van der Waals surface area (Å²) in [5, 5.41) is 2.63. The maximum absolute atomic E-state index is 11.5. The predicted octanol–water partition coefficient (Wildman–Crippen LogP) is -0.0281. The summed E-state index contributed by atoms with van der Waals surface area (Å²) in [5.74, 6) is -0.0402. The van der Waals surface area contributed by atoms with Gasteiger partial charge in [0.25, 0.3) is 0 Å². The Morgan fingerprint density at radius 1 is 1.65 bits per heavy atom. The number of morpholine rings is 1. The summed E-state index contributed by atoms with van der Waals surface area (Å²) in [7, 11) is 3.67. The Bertz CT molecular complexity index is 389. The highest BCUT2D eigenvalue weighted by Gasteiger charge is 2.25.